The van der Waals surface area contributed by atoms with E-state index in [9.17, 15) is 23.3 Å². The molecule has 0 atom stereocenters. The van der Waals surface area contributed by atoms with Gasteiger partial charge in [-0.1, -0.05) is 24.3 Å². The van der Waals surface area contributed by atoms with Crippen molar-refractivity contribution in [3.63, 3.8) is 0 Å². The van der Waals surface area contributed by atoms with Crippen molar-refractivity contribution in [2.45, 2.75) is 31.7 Å². The van der Waals surface area contributed by atoms with E-state index in [0.717, 1.165) is 17.8 Å². The van der Waals surface area contributed by atoms with Crippen molar-refractivity contribution >= 4 is 43.0 Å². The summed E-state index contributed by atoms with van der Waals surface area (Å²) in [7, 11) is -3.96. The summed E-state index contributed by atoms with van der Waals surface area (Å²) in [6.45, 7) is 4.18. The lowest BCUT2D eigenvalue weighted by atomic mass is 10.2. The van der Waals surface area contributed by atoms with Crippen LogP contribution in [0.4, 0.5) is 11.4 Å². The predicted molar refractivity (Wildman–Crippen MR) is 105 cm³/mol. The van der Waals surface area contributed by atoms with Gasteiger partial charge in [0.25, 0.3) is 15.7 Å². The highest BCUT2D eigenvalue weighted by Gasteiger charge is 2.19. The van der Waals surface area contributed by atoms with Crippen molar-refractivity contribution in [1.29, 1.82) is 0 Å². The molecule has 3 aromatic rings. The minimum Gasteiger partial charge on any atom is -0.299 e. The van der Waals surface area contributed by atoms with Gasteiger partial charge in [0.2, 0.25) is 0 Å². The van der Waals surface area contributed by atoms with E-state index in [0.29, 0.717) is 22.3 Å². The van der Waals surface area contributed by atoms with E-state index in [2.05, 4.69) is 4.72 Å². The lowest BCUT2D eigenvalue weighted by Crippen LogP contribution is -2.14. The number of nitrogens with zero attached hydrogens (tertiary/aromatic N) is 2. The first-order valence-electron chi connectivity index (χ1n) is 8.14. The lowest BCUT2D eigenvalue weighted by Gasteiger charge is -2.11. The Morgan fingerprint density at radius 3 is 2.63 bits per heavy atom. The van der Waals surface area contributed by atoms with Crippen molar-refractivity contribution in [2.24, 2.45) is 0 Å². The first-order valence-corrected chi connectivity index (χ1v) is 10.4. The molecule has 0 radical (unpaired) electrons. The summed E-state index contributed by atoms with van der Waals surface area (Å²) in [5.74, 6) is 0. The van der Waals surface area contributed by atoms with Crippen LogP contribution in [0.5, 0.6) is 0 Å². The van der Waals surface area contributed by atoms with Crippen LogP contribution in [-0.2, 0) is 16.6 Å². The van der Waals surface area contributed by atoms with E-state index in [1.807, 2.05) is 6.92 Å². The predicted octanol–water partition coefficient (Wildman–Crippen LogP) is 3.49. The first kappa shape index (κ1) is 19.1. The highest BCUT2D eigenvalue weighted by atomic mass is 32.2. The largest absolute Gasteiger partial charge is 0.308 e. The normalized spacial score (nSPS) is 11.6. The number of hydrogen-bond donors (Lipinski definition) is 1. The van der Waals surface area contributed by atoms with Crippen LogP contribution in [0.2, 0.25) is 0 Å². The Morgan fingerprint density at radius 2 is 1.96 bits per heavy atom. The number of nitrogens with one attached hydrogen (secondary N) is 1. The number of anilines is 1. The molecule has 0 spiro atoms. The van der Waals surface area contributed by atoms with Crippen LogP contribution in [0.1, 0.15) is 18.9 Å². The fraction of sp³-hybridized carbons (Fsp3) is 0.235. The van der Waals surface area contributed by atoms with Gasteiger partial charge >= 0.3 is 4.87 Å². The van der Waals surface area contributed by atoms with Gasteiger partial charge in [-0.25, -0.2) is 8.42 Å². The summed E-state index contributed by atoms with van der Waals surface area (Å²) in [4.78, 5) is 22.3. The number of hydrogen-bond acceptors (Lipinski definition) is 6. The van der Waals surface area contributed by atoms with E-state index < -0.39 is 14.9 Å². The Bertz CT molecular complexity index is 1190. The smallest absolute Gasteiger partial charge is 0.299 e. The van der Waals surface area contributed by atoms with Gasteiger partial charge < -0.3 is 0 Å². The summed E-state index contributed by atoms with van der Waals surface area (Å²) in [5, 5.41) is 10.9. The number of rotatable bonds is 6. The molecule has 0 amide bonds. The fourth-order valence-electron chi connectivity index (χ4n) is 2.69. The van der Waals surface area contributed by atoms with Crippen molar-refractivity contribution < 1.29 is 13.3 Å². The molecule has 2 aromatic carbocycles. The molecule has 1 heterocycles. The number of non-ortho nitro benzene ring substituents is 1. The zero-order chi connectivity index (χ0) is 19.8. The Balaban J connectivity index is 2.02. The molecule has 0 saturated heterocycles. The summed E-state index contributed by atoms with van der Waals surface area (Å²) < 4.78 is 30.1. The van der Waals surface area contributed by atoms with Gasteiger partial charge in [0.1, 0.15) is 0 Å². The van der Waals surface area contributed by atoms with Crippen molar-refractivity contribution in [1.82, 2.24) is 4.57 Å². The standard InChI is InChI=1S/C17H17N3O5S2/c1-3-8-19-15-7-6-13(10-16(15)26-17(19)21)27(24,25)18-14-9-12(20(22)23)5-4-11(14)2/h4-7,9-10,18H,3,8H2,1-2H3. The zero-order valence-electron chi connectivity index (χ0n) is 14.6. The third-order valence-electron chi connectivity index (χ3n) is 4.07. The molecule has 0 saturated carbocycles. The van der Waals surface area contributed by atoms with E-state index in [-0.39, 0.29) is 21.1 Å². The fourth-order valence-corrected chi connectivity index (χ4v) is 4.87. The summed E-state index contributed by atoms with van der Waals surface area (Å²) in [5.41, 5.74) is 1.19. The van der Waals surface area contributed by atoms with Crippen LogP contribution in [0.3, 0.4) is 0 Å². The molecule has 0 aliphatic rings. The second kappa shape index (κ2) is 7.12. The molecule has 0 aliphatic carbocycles. The van der Waals surface area contributed by atoms with Crippen molar-refractivity contribution in [2.75, 3.05) is 4.72 Å². The first-order chi connectivity index (χ1) is 12.7. The van der Waals surface area contributed by atoms with Crippen molar-refractivity contribution in [3.05, 3.63) is 61.7 Å². The molecule has 1 aromatic heterocycles. The average molecular weight is 407 g/mol. The summed E-state index contributed by atoms with van der Waals surface area (Å²) in [6, 6.07) is 8.46. The zero-order valence-corrected chi connectivity index (χ0v) is 16.3. The summed E-state index contributed by atoms with van der Waals surface area (Å²) >= 11 is 0.991. The molecular formula is C17H17N3O5S2. The molecule has 3 rings (SSSR count). The lowest BCUT2D eigenvalue weighted by molar-refractivity contribution is -0.384. The molecule has 0 fully saturated rings. The highest BCUT2D eigenvalue weighted by molar-refractivity contribution is 7.92. The quantitative estimate of drug-likeness (QED) is 0.497. The van der Waals surface area contributed by atoms with Gasteiger partial charge in [-0.15, -0.1) is 0 Å². The van der Waals surface area contributed by atoms with Crippen LogP contribution >= 0.6 is 11.3 Å². The molecule has 8 nitrogen and oxygen atoms in total. The van der Waals surface area contributed by atoms with E-state index in [1.165, 1.54) is 30.3 Å². The van der Waals surface area contributed by atoms with Gasteiger partial charge in [-0.2, -0.15) is 0 Å². The maximum atomic E-state index is 12.7. The minimum atomic E-state index is -3.96. The van der Waals surface area contributed by atoms with Crippen LogP contribution in [0.15, 0.2) is 46.1 Å². The van der Waals surface area contributed by atoms with Crippen molar-refractivity contribution in [3.8, 4) is 0 Å². The highest BCUT2D eigenvalue weighted by Crippen LogP contribution is 2.27. The number of aromatic nitrogens is 1. The van der Waals surface area contributed by atoms with Gasteiger partial charge in [0.15, 0.2) is 0 Å². The molecule has 27 heavy (non-hydrogen) atoms. The SMILES string of the molecule is CCCn1c(=O)sc2cc(S(=O)(=O)Nc3cc([N+](=O)[O-])ccc3C)ccc21. The van der Waals surface area contributed by atoms with Gasteiger partial charge in [0.05, 0.1) is 25.7 Å². The molecule has 142 valence electrons. The Kier molecular flexibility index (Phi) is 5.03. The van der Waals surface area contributed by atoms with Gasteiger partial charge in [-0.3, -0.25) is 24.2 Å². The van der Waals surface area contributed by atoms with E-state index in [1.54, 1.807) is 17.6 Å². The Hall–Kier alpha value is -2.72. The van der Waals surface area contributed by atoms with E-state index >= 15 is 0 Å². The number of aryl methyl sites for hydroxylation is 2. The third kappa shape index (κ3) is 3.71. The van der Waals surface area contributed by atoms with Crippen LogP contribution in [0.25, 0.3) is 10.2 Å². The number of benzene rings is 2. The second-order valence-electron chi connectivity index (χ2n) is 6.01. The number of sulfonamides is 1. The average Bonchev–Trinajstić information content (AvgIpc) is 2.92. The minimum absolute atomic E-state index is 0.00851. The van der Waals surface area contributed by atoms with Gasteiger partial charge in [0, 0.05) is 18.7 Å². The maximum Gasteiger partial charge on any atom is 0.308 e. The van der Waals surface area contributed by atoms with E-state index in [4.69, 9.17) is 0 Å². The van der Waals surface area contributed by atoms with Gasteiger partial charge in [-0.05, 0) is 37.1 Å². The summed E-state index contributed by atoms with van der Waals surface area (Å²) in [6.07, 6.45) is 0.791. The molecule has 0 bridgehead atoms. The number of nitro groups is 1. The topological polar surface area (TPSA) is 111 Å². The van der Waals surface area contributed by atoms with Crippen LogP contribution < -0.4 is 9.60 Å². The van der Waals surface area contributed by atoms with Crippen LogP contribution in [-0.4, -0.2) is 17.9 Å². The second-order valence-corrected chi connectivity index (χ2v) is 8.69. The van der Waals surface area contributed by atoms with Crippen LogP contribution in [0, 0.1) is 17.0 Å². The molecule has 0 unspecified atom stereocenters. The number of thiazole rings is 1. The molecular weight excluding hydrogens is 390 g/mol. The molecule has 0 aliphatic heterocycles. The Morgan fingerprint density at radius 1 is 1.22 bits per heavy atom. The number of fused-ring (bicyclic) bond motifs is 1. The monoisotopic (exact) mass is 407 g/mol. The Labute approximate surface area is 159 Å². The maximum absolute atomic E-state index is 12.7. The molecule has 1 N–H and O–H groups in total. The molecule has 10 heteroatoms. The number of nitro benzene ring substituents is 1. The third-order valence-corrected chi connectivity index (χ3v) is 6.38.